The van der Waals surface area contributed by atoms with Crippen molar-refractivity contribution in [2.45, 2.75) is 98.2 Å². The normalized spacial score (nSPS) is 19.4. The summed E-state index contributed by atoms with van der Waals surface area (Å²) in [7, 11) is 1.68. The van der Waals surface area contributed by atoms with Crippen molar-refractivity contribution in [2.75, 3.05) is 20.3 Å². The highest BCUT2D eigenvalue weighted by molar-refractivity contribution is 5.95. The molecule has 0 aliphatic carbocycles. The molecular formula is C40H51N6O7+. The monoisotopic (exact) mass is 727 g/mol. The molecule has 13 heteroatoms. The molecule has 0 spiro atoms. The van der Waals surface area contributed by atoms with Crippen molar-refractivity contribution < 1.29 is 33.9 Å². The van der Waals surface area contributed by atoms with Gasteiger partial charge in [-0.3, -0.25) is 14.8 Å². The molecule has 3 N–H and O–H groups in total. The number of aromatic nitrogens is 2. The molecule has 0 radical (unpaired) electrons. The Kier molecular flexibility index (Phi) is 10.8. The van der Waals surface area contributed by atoms with E-state index in [4.69, 9.17) is 14.3 Å². The SMILES string of the molecule is CCn1c(-c2cnccc2COC)c2c3cc(ccc31)-c1cc(O)cc(c1)C[C@H](NC(=O)OC(C)(C)C)C(=O)N1CCC[C@H](N1)[N+](=O)OCC(C)(C)C2. The van der Waals surface area contributed by atoms with Crippen molar-refractivity contribution in [3.8, 4) is 28.1 Å². The minimum atomic E-state index is -1.07. The molecular weight excluding hydrogens is 676 g/mol. The number of nitrogens with one attached hydrogen (secondary N) is 2. The molecule has 4 heterocycles. The maximum atomic E-state index is 14.1. The quantitative estimate of drug-likeness (QED) is 0.212. The third-order valence-electron chi connectivity index (χ3n) is 9.61. The second-order valence-electron chi connectivity index (χ2n) is 15.7. The van der Waals surface area contributed by atoms with Crippen LogP contribution >= 0.6 is 0 Å². The number of alkyl carbamates (subject to hydrolysis) is 1. The first-order valence-electron chi connectivity index (χ1n) is 18.2. The number of rotatable bonds is 5. The molecule has 2 amide bonds. The van der Waals surface area contributed by atoms with E-state index in [1.807, 2.05) is 24.4 Å². The van der Waals surface area contributed by atoms with Crippen molar-refractivity contribution in [2.24, 2.45) is 5.41 Å². The first-order chi connectivity index (χ1) is 25.2. The molecule has 6 rings (SSSR count). The number of carbonyl (C=O) groups is 2. The molecule has 13 nitrogen and oxygen atoms in total. The summed E-state index contributed by atoms with van der Waals surface area (Å²) in [6.07, 6.45) is 3.69. The largest absolute Gasteiger partial charge is 0.508 e. The third kappa shape index (κ3) is 8.47. The lowest BCUT2D eigenvalue weighted by Crippen LogP contribution is -2.60. The number of aryl methyl sites for hydroxylation is 1. The zero-order valence-electron chi connectivity index (χ0n) is 31.7. The molecule has 2 aromatic carbocycles. The van der Waals surface area contributed by atoms with Crippen LogP contribution in [0.3, 0.4) is 0 Å². The molecule has 6 bridgehead atoms. The highest BCUT2D eigenvalue weighted by Crippen LogP contribution is 2.41. The highest BCUT2D eigenvalue weighted by atomic mass is 16.8. The minimum absolute atomic E-state index is 0.0264. The average Bonchev–Trinajstić information content (AvgIpc) is 3.40. The summed E-state index contributed by atoms with van der Waals surface area (Å²) < 4.78 is 13.4. The van der Waals surface area contributed by atoms with Gasteiger partial charge in [0.1, 0.15) is 17.4 Å². The Morgan fingerprint density at radius 2 is 1.96 bits per heavy atom. The fourth-order valence-corrected chi connectivity index (χ4v) is 7.31. The summed E-state index contributed by atoms with van der Waals surface area (Å²) in [6.45, 7) is 13.0. The second-order valence-corrected chi connectivity index (χ2v) is 15.7. The van der Waals surface area contributed by atoms with Gasteiger partial charge in [0.05, 0.1) is 17.2 Å². The van der Waals surface area contributed by atoms with Crippen molar-refractivity contribution in [1.82, 2.24) is 25.3 Å². The van der Waals surface area contributed by atoms with E-state index in [1.165, 1.54) is 5.01 Å². The van der Waals surface area contributed by atoms with Gasteiger partial charge in [0.15, 0.2) is 6.61 Å². The fourth-order valence-electron chi connectivity index (χ4n) is 7.31. The lowest BCUT2D eigenvalue weighted by molar-refractivity contribution is -0.835. The van der Waals surface area contributed by atoms with Crippen LogP contribution in [0.1, 0.15) is 71.1 Å². The van der Waals surface area contributed by atoms with Crippen LogP contribution < -0.4 is 10.7 Å². The van der Waals surface area contributed by atoms with E-state index in [2.05, 4.69) is 53.2 Å². The van der Waals surface area contributed by atoms with E-state index >= 15 is 0 Å². The topological polar surface area (TPSA) is 147 Å². The number of fused-ring (bicyclic) bond motifs is 6. The van der Waals surface area contributed by atoms with Gasteiger partial charge >= 0.3 is 12.3 Å². The lowest BCUT2D eigenvalue weighted by Gasteiger charge is -2.32. The first-order valence-corrected chi connectivity index (χ1v) is 18.2. The number of nitrogens with zero attached hydrogens (tertiary/aromatic N) is 4. The summed E-state index contributed by atoms with van der Waals surface area (Å²) in [5, 5.41) is 16.2. The Balaban J connectivity index is 1.53. The van der Waals surface area contributed by atoms with Crippen molar-refractivity contribution in [3.63, 3.8) is 0 Å². The van der Waals surface area contributed by atoms with Crippen LogP contribution in [0, 0.1) is 10.3 Å². The van der Waals surface area contributed by atoms with E-state index in [1.54, 1.807) is 46.2 Å². The van der Waals surface area contributed by atoms with E-state index in [-0.39, 0.29) is 18.8 Å². The number of hydrogen-bond donors (Lipinski definition) is 3. The Morgan fingerprint density at radius 3 is 2.70 bits per heavy atom. The molecule has 1 fully saturated rings. The van der Waals surface area contributed by atoms with Crippen LogP contribution in [0.4, 0.5) is 4.79 Å². The number of benzene rings is 2. The Morgan fingerprint density at radius 1 is 1.17 bits per heavy atom. The summed E-state index contributed by atoms with van der Waals surface area (Å²) in [4.78, 5) is 51.6. The standard InChI is InChI=1S/C40H50N6O7/c1-8-44-34-12-11-26-20-30(34)31(36(44)32-22-41-14-13-27(32)23-51-7)21-40(5,6)24-52-46(50)35-10-9-15-45(43-35)37(48)33(42-38(49)53-39(2,3)4)18-25-16-28(26)19-29(47)17-25/h11-14,16-17,19-20,22,33,35,43H,8-10,15,18,21,23-24H2,1-7H3,(H-,42,47,49)/p+1/t33-,35+/m0/s1. The van der Waals surface area contributed by atoms with Crippen molar-refractivity contribution >= 4 is 22.9 Å². The number of pyridine rings is 1. The van der Waals surface area contributed by atoms with E-state index in [9.17, 15) is 19.6 Å². The number of carbonyl (C=O) groups excluding carboxylic acids is 2. The van der Waals surface area contributed by atoms with Gasteiger partial charge in [-0.25, -0.2) is 9.63 Å². The Hall–Kier alpha value is -5.01. The van der Waals surface area contributed by atoms with Gasteiger partial charge in [-0.15, -0.1) is 0 Å². The maximum Gasteiger partial charge on any atom is 0.408 e. The number of phenolic OH excluding ortho intramolecular Hbond substituents is 1. The molecule has 0 saturated carbocycles. The number of ether oxygens (including phenoxy) is 2. The predicted octanol–water partition coefficient (Wildman–Crippen LogP) is 6.42. The Bertz CT molecular complexity index is 2020. The number of methoxy groups -OCH3 is 1. The molecule has 2 aliphatic heterocycles. The molecule has 4 aromatic rings. The summed E-state index contributed by atoms with van der Waals surface area (Å²) in [5.74, 6) is -0.415. The maximum absolute atomic E-state index is 14.1. The van der Waals surface area contributed by atoms with E-state index in [0.29, 0.717) is 49.4 Å². The van der Waals surface area contributed by atoms with Gasteiger partial charge in [-0.05, 0) is 98.7 Å². The zero-order valence-corrected chi connectivity index (χ0v) is 31.7. The van der Waals surface area contributed by atoms with E-state index < -0.39 is 35.2 Å². The second kappa shape index (κ2) is 15.2. The summed E-state index contributed by atoms with van der Waals surface area (Å²) in [5.41, 5.74) is 9.09. The lowest BCUT2D eigenvalue weighted by atomic mass is 9.84. The van der Waals surface area contributed by atoms with Gasteiger partial charge in [0, 0.05) is 67.3 Å². The third-order valence-corrected chi connectivity index (χ3v) is 9.61. The van der Waals surface area contributed by atoms with Crippen molar-refractivity contribution in [1.29, 1.82) is 0 Å². The zero-order chi connectivity index (χ0) is 38.1. The van der Waals surface area contributed by atoms with Gasteiger partial charge < -0.3 is 24.5 Å². The number of hydrogen-bond acceptors (Lipinski definition) is 9. The molecule has 282 valence electrons. The van der Waals surface area contributed by atoms with E-state index in [0.717, 1.165) is 44.4 Å². The number of amides is 2. The van der Waals surface area contributed by atoms with Crippen molar-refractivity contribution in [3.05, 3.63) is 76.5 Å². The minimum Gasteiger partial charge on any atom is -0.508 e. The molecule has 2 aromatic heterocycles. The van der Waals surface area contributed by atoms with Crippen LogP contribution in [-0.4, -0.2) is 74.7 Å². The van der Waals surface area contributed by atoms with Crippen LogP contribution in [0.5, 0.6) is 5.75 Å². The van der Waals surface area contributed by atoms with Crippen LogP contribution in [-0.2, 0) is 45.1 Å². The van der Waals surface area contributed by atoms with Crippen LogP contribution in [0.25, 0.3) is 33.3 Å². The molecule has 2 atom stereocenters. The Labute approximate surface area is 310 Å². The highest BCUT2D eigenvalue weighted by Gasteiger charge is 2.39. The number of hydrazine groups is 1. The summed E-state index contributed by atoms with van der Waals surface area (Å²) in [6, 6.07) is 12.4. The molecule has 1 saturated heterocycles. The average molecular weight is 728 g/mol. The predicted molar refractivity (Wildman–Crippen MR) is 200 cm³/mol. The molecule has 2 aliphatic rings. The van der Waals surface area contributed by atoms with Gasteiger partial charge in [0.25, 0.3) is 5.91 Å². The molecule has 53 heavy (non-hydrogen) atoms. The summed E-state index contributed by atoms with van der Waals surface area (Å²) >= 11 is 0. The number of aromatic hydroxyl groups is 1. The van der Waals surface area contributed by atoms with Crippen LogP contribution in [0.2, 0.25) is 0 Å². The van der Waals surface area contributed by atoms with Gasteiger partial charge in [-0.2, -0.15) is 5.43 Å². The number of phenols is 1. The van der Waals surface area contributed by atoms with Gasteiger partial charge in [0.2, 0.25) is 4.92 Å². The molecule has 0 unspecified atom stereocenters. The van der Waals surface area contributed by atoms with Crippen LogP contribution in [0.15, 0.2) is 54.9 Å². The smallest absolute Gasteiger partial charge is 0.408 e. The fraction of sp³-hybridized carbons (Fsp3) is 0.475. The first kappa shape index (κ1) is 37.7. The van der Waals surface area contributed by atoms with Gasteiger partial charge in [-0.1, -0.05) is 26.0 Å².